The second kappa shape index (κ2) is 3.66. The molecule has 0 bridgehead atoms. The van der Waals surface area contributed by atoms with E-state index in [-0.39, 0.29) is 5.41 Å². The average Bonchev–Trinajstić information content (AvgIpc) is 2.99. The van der Waals surface area contributed by atoms with Crippen LogP contribution in [0.25, 0.3) is 0 Å². The highest BCUT2D eigenvalue weighted by atomic mass is 14.3. The van der Waals surface area contributed by atoms with Crippen LogP contribution >= 0.6 is 0 Å². The molecule has 0 amide bonds. The van der Waals surface area contributed by atoms with Gasteiger partial charge in [-0.15, -0.1) is 0 Å². The third-order valence-electron chi connectivity index (χ3n) is 3.34. The molecule has 0 N–H and O–H groups in total. The van der Waals surface area contributed by atoms with Crippen molar-refractivity contribution >= 4 is 0 Å². The summed E-state index contributed by atoms with van der Waals surface area (Å²) in [5, 5.41) is 0. The molecule has 0 spiro atoms. The minimum Gasteiger partial charge on any atom is -0.0613 e. The molecule has 1 saturated carbocycles. The van der Waals surface area contributed by atoms with E-state index in [0.29, 0.717) is 0 Å². The Morgan fingerprint density at radius 2 is 1.80 bits per heavy atom. The van der Waals surface area contributed by atoms with Crippen molar-refractivity contribution in [3.05, 3.63) is 34.9 Å². The van der Waals surface area contributed by atoms with Gasteiger partial charge in [-0.1, -0.05) is 45.9 Å². The quantitative estimate of drug-likeness (QED) is 0.665. The average molecular weight is 202 g/mol. The van der Waals surface area contributed by atoms with Gasteiger partial charge < -0.3 is 0 Å². The molecule has 0 unspecified atom stereocenters. The molecule has 1 aromatic rings. The Hall–Kier alpha value is -0.780. The lowest BCUT2D eigenvalue weighted by molar-refractivity contribution is 0.588. The second-order valence-electron chi connectivity index (χ2n) is 5.84. The summed E-state index contributed by atoms with van der Waals surface area (Å²) in [6, 6.07) is 7.22. The third-order valence-corrected chi connectivity index (χ3v) is 3.34. The van der Waals surface area contributed by atoms with Crippen molar-refractivity contribution < 1.29 is 0 Å². The van der Waals surface area contributed by atoms with Gasteiger partial charge in [0, 0.05) is 0 Å². The molecule has 0 heterocycles. The molecule has 0 aromatic heterocycles. The van der Waals surface area contributed by atoms with Gasteiger partial charge in [0.1, 0.15) is 0 Å². The Morgan fingerprint density at radius 1 is 1.13 bits per heavy atom. The van der Waals surface area contributed by atoms with Crippen LogP contribution in [0.4, 0.5) is 0 Å². The topological polar surface area (TPSA) is 0 Å². The van der Waals surface area contributed by atoms with Crippen molar-refractivity contribution in [1.29, 1.82) is 0 Å². The van der Waals surface area contributed by atoms with Crippen LogP contribution in [0.3, 0.4) is 0 Å². The summed E-state index contributed by atoms with van der Waals surface area (Å²) in [6.45, 7) is 9.16. The van der Waals surface area contributed by atoms with E-state index >= 15 is 0 Å². The van der Waals surface area contributed by atoms with Crippen molar-refractivity contribution in [2.45, 2.75) is 58.3 Å². The van der Waals surface area contributed by atoms with Crippen LogP contribution < -0.4 is 0 Å². The van der Waals surface area contributed by atoms with Crippen molar-refractivity contribution in [2.24, 2.45) is 0 Å². The van der Waals surface area contributed by atoms with Gasteiger partial charge in [-0.2, -0.15) is 0 Å². The van der Waals surface area contributed by atoms with E-state index in [4.69, 9.17) is 0 Å². The maximum absolute atomic E-state index is 2.43. The van der Waals surface area contributed by atoms with Crippen LogP contribution in [0.15, 0.2) is 18.2 Å². The fourth-order valence-corrected chi connectivity index (χ4v) is 2.01. The van der Waals surface area contributed by atoms with Gasteiger partial charge in [0.2, 0.25) is 0 Å². The lowest BCUT2D eigenvalue weighted by Gasteiger charge is -2.21. The van der Waals surface area contributed by atoms with Crippen molar-refractivity contribution in [1.82, 2.24) is 0 Å². The zero-order valence-electron chi connectivity index (χ0n) is 10.4. The zero-order valence-corrected chi connectivity index (χ0v) is 10.4. The van der Waals surface area contributed by atoms with Gasteiger partial charge in [0.05, 0.1) is 0 Å². The van der Waals surface area contributed by atoms with Crippen molar-refractivity contribution in [3.63, 3.8) is 0 Å². The number of hydrogen-bond donors (Lipinski definition) is 0. The predicted octanol–water partition coefficient (Wildman–Crippen LogP) is 4.42. The van der Waals surface area contributed by atoms with E-state index in [9.17, 15) is 0 Å². The first-order valence-corrected chi connectivity index (χ1v) is 6.15. The Balaban J connectivity index is 2.41. The summed E-state index contributed by atoms with van der Waals surface area (Å²) in [6.07, 6.45) is 3.96. The highest BCUT2D eigenvalue weighted by Crippen LogP contribution is 2.41. The third kappa shape index (κ3) is 2.42. The maximum atomic E-state index is 2.43. The van der Waals surface area contributed by atoms with E-state index in [0.717, 1.165) is 12.3 Å². The second-order valence-corrected chi connectivity index (χ2v) is 5.84. The number of rotatable bonds is 2. The van der Waals surface area contributed by atoms with Gasteiger partial charge in [-0.05, 0) is 47.3 Å². The summed E-state index contributed by atoms with van der Waals surface area (Å²) in [4.78, 5) is 0. The van der Waals surface area contributed by atoms with Gasteiger partial charge in [-0.3, -0.25) is 0 Å². The number of benzene rings is 1. The van der Waals surface area contributed by atoms with Crippen LogP contribution in [0, 0.1) is 0 Å². The molecule has 0 atom stereocenters. The molecule has 2 rings (SSSR count). The van der Waals surface area contributed by atoms with Gasteiger partial charge >= 0.3 is 0 Å². The van der Waals surface area contributed by atoms with Crippen LogP contribution in [-0.2, 0) is 11.8 Å². The molecule has 0 radical (unpaired) electrons. The van der Waals surface area contributed by atoms with Crippen LogP contribution in [-0.4, -0.2) is 0 Å². The molecule has 1 aromatic carbocycles. The molecular weight excluding hydrogens is 180 g/mol. The van der Waals surface area contributed by atoms with Crippen molar-refractivity contribution in [2.75, 3.05) is 0 Å². The summed E-state index contributed by atoms with van der Waals surface area (Å²) in [7, 11) is 0. The smallest absolute Gasteiger partial charge is 0.0132 e. The van der Waals surface area contributed by atoms with Crippen molar-refractivity contribution in [3.8, 4) is 0 Å². The number of hydrogen-bond acceptors (Lipinski definition) is 0. The Bertz CT molecular complexity index is 351. The monoisotopic (exact) mass is 202 g/mol. The minimum atomic E-state index is 0.287. The molecule has 1 aliphatic carbocycles. The molecule has 0 nitrogen and oxygen atoms in total. The van der Waals surface area contributed by atoms with Crippen LogP contribution in [0.1, 0.15) is 63.1 Å². The first-order valence-electron chi connectivity index (χ1n) is 6.15. The summed E-state index contributed by atoms with van der Waals surface area (Å²) >= 11 is 0. The molecule has 15 heavy (non-hydrogen) atoms. The fourth-order valence-electron chi connectivity index (χ4n) is 2.01. The number of aryl methyl sites for hydroxylation is 1. The van der Waals surface area contributed by atoms with E-state index in [1.807, 2.05) is 0 Å². The van der Waals surface area contributed by atoms with Crippen LogP contribution in [0.5, 0.6) is 0 Å². The van der Waals surface area contributed by atoms with Gasteiger partial charge in [-0.25, -0.2) is 0 Å². The van der Waals surface area contributed by atoms with E-state index in [2.05, 4.69) is 45.9 Å². The SMILES string of the molecule is CCc1cc(C2CC2)cc(C(C)(C)C)c1. The fraction of sp³-hybridized carbons (Fsp3) is 0.600. The highest BCUT2D eigenvalue weighted by Gasteiger charge is 2.25. The summed E-state index contributed by atoms with van der Waals surface area (Å²) in [5.41, 5.74) is 4.88. The lowest BCUT2D eigenvalue weighted by Crippen LogP contribution is -2.12. The molecule has 0 saturated heterocycles. The Kier molecular flexibility index (Phi) is 2.62. The van der Waals surface area contributed by atoms with E-state index < -0.39 is 0 Å². The van der Waals surface area contributed by atoms with Gasteiger partial charge in [0.25, 0.3) is 0 Å². The highest BCUT2D eigenvalue weighted by molar-refractivity contribution is 5.37. The van der Waals surface area contributed by atoms with E-state index in [1.54, 1.807) is 5.56 Å². The van der Waals surface area contributed by atoms with E-state index in [1.165, 1.54) is 24.0 Å². The first-order chi connectivity index (χ1) is 7.00. The molecular formula is C15H22. The Morgan fingerprint density at radius 3 is 2.27 bits per heavy atom. The maximum Gasteiger partial charge on any atom is -0.0132 e. The largest absolute Gasteiger partial charge is 0.0613 e. The standard InChI is InChI=1S/C15H22/c1-5-11-8-13(12-6-7-12)10-14(9-11)15(2,3)4/h8-10,12H,5-7H2,1-4H3. The predicted molar refractivity (Wildman–Crippen MR) is 66.5 cm³/mol. The lowest BCUT2D eigenvalue weighted by atomic mass is 9.84. The minimum absolute atomic E-state index is 0.287. The molecule has 82 valence electrons. The summed E-state index contributed by atoms with van der Waals surface area (Å²) < 4.78 is 0. The van der Waals surface area contributed by atoms with Crippen LogP contribution in [0.2, 0.25) is 0 Å². The molecule has 0 heteroatoms. The zero-order chi connectivity index (χ0) is 11.1. The molecule has 1 aliphatic rings. The summed E-state index contributed by atoms with van der Waals surface area (Å²) in [5.74, 6) is 0.873. The van der Waals surface area contributed by atoms with Gasteiger partial charge in [0.15, 0.2) is 0 Å². The molecule has 0 aliphatic heterocycles. The Labute approximate surface area is 93.7 Å². The first kappa shape index (κ1) is 10.7. The molecule has 1 fully saturated rings. The normalized spacial score (nSPS) is 16.8.